The van der Waals surface area contributed by atoms with Gasteiger partial charge in [0, 0.05) is 17.9 Å². The van der Waals surface area contributed by atoms with Gasteiger partial charge in [-0.05, 0) is 68.4 Å². The van der Waals surface area contributed by atoms with Crippen molar-refractivity contribution in [3.63, 3.8) is 0 Å². The van der Waals surface area contributed by atoms with Gasteiger partial charge < -0.3 is 15.1 Å². The van der Waals surface area contributed by atoms with Gasteiger partial charge in [-0.3, -0.25) is 10.3 Å². The molecule has 0 aliphatic heterocycles. The van der Waals surface area contributed by atoms with Crippen LogP contribution >= 0.6 is 12.2 Å². The summed E-state index contributed by atoms with van der Waals surface area (Å²) < 4.78 is 18.4. The van der Waals surface area contributed by atoms with Crippen LogP contribution in [-0.2, 0) is 13.0 Å². The van der Waals surface area contributed by atoms with Crippen LogP contribution in [0.4, 0.5) is 10.3 Å². The van der Waals surface area contributed by atoms with Gasteiger partial charge in [0.25, 0.3) is 0 Å². The fourth-order valence-corrected chi connectivity index (χ4v) is 2.85. The van der Waals surface area contributed by atoms with E-state index in [0.29, 0.717) is 36.5 Å². The van der Waals surface area contributed by atoms with E-state index in [1.165, 1.54) is 12.1 Å². The molecule has 156 valence electrons. The largest absolute Gasteiger partial charge is 0.467 e. The van der Waals surface area contributed by atoms with Crippen LogP contribution in [0.2, 0.25) is 0 Å². The Morgan fingerprint density at radius 3 is 2.53 bits per heavy atom. The number of aromatic nitrogens is 2. The first-order valence-corrected chi connectivity index (χ1v) is 9.84. The van der Waals surface area contributed by atoms with Gasteiger partial charge in [0.05, 0.1) is 12.8 Å². The first-order valence-electron chi connectivity index (χ1n) is 9.43. The van der Waals surface area contributed by atoms with Gasteiger partial charge in [0.15, 0.2) is 5.11 Å². The van der Waals surface area contributed by atoms with Crippen LogP contribution in [0.25, 0.3) is 0 Å². The molecule has 0 aliphatic carbocycles. The molecule has 9 heteroatoms. The summed E-state index contributed by atoms with van der Waals surface area (Å²) >= 11 is 5.36. The van der Waals surface area contributed by atoms with Crippen LogP contribution in [0.5, 0.6) is 0 Å². The molecule has 0 aliphatic rings. The smallest absolute Gasteiger partial charge is 0.229 e. The van der Waals surface area contributed by atoms with Crippen LogP contribution in [0, 0.1) is 19.7 Å². The molecule has 0 unspecified atom stereocenters. The van der Waals surface area contributed by atoms with Gasteiger partial charge in [0.2, 0.25) is 11.9 Å². The van der Waals surface area contributed by atoms with Crippen LogP contribution < -0.4 is 16.0 Å². The summed E-state index contributed by atoms with van der Waals surface area (Å²) in [5, 5.41) is 9.57. The fraction of sp³-hybridized carbons (Fsp3) is 0.238. The Labute approximate surface area is 179 Å². The summed E-state index contributed by atoms with van der Waals surface area (Å²) in [5.41, 5.74) is 2.67. The maximum atomic E-state index is 13.1. The van der Waals surface area contributed by atoms with Crippen molar-refractivity contribution in [3.8, 4) is 0 Å². The average Bonchev–Trinajstić information content (AvgIpc) is 3.21. The van der Waals surface area contributed by atoms with Crippen LogP contribution in [0.3, 0.4) is 0 Å². The summed E-state index contributed by atoms with van der Waals surface area (Å²) in [4.78, 5) is 13.3. The number of benzene rings is 1. The lowest BCUT2D eigenvalue weighted by atomic mass is 10.1. The fourth-order valence-electron chi connectivity index (χ4n) is 2.68. The van der Waals surface area contributed by atoms with Crippen LogP contribution in [0.15, 0.2) is 58.1 Å². The van der Waals surface area contributed by atoms with E-state index in [1.807, 2.05) is 32.0 Å². The van der Waals surface area contributed by atoms with Crippen molar-refractivity contribution in [2.45, 2.75) is 26.8 Å². The molecule has 0 amide bonds. The van der Waals surface area contributed by atoms with Crippen molar-refractivity contribution in [2.24, 2.45) is 4.99 Å². The third-order valence-electron chi connectivity index (χ3n) is 4.03. The number of halogens is 1. The molecule has 3 N–H and O–H groups in total. The monoisotopic (exact) mass is 426 g/mol. The Bertz CT molecular complexity index is 985. The SMILES string of the molecule is Cc1cc(C)nc(NC(=NCCc2ccc(F)cc2)NC(=S)NCc2ccco2)n1. The lowest BCUT2D eigenvalue weighted by molar-refractivity contribution is 0.503. The van der Waals surface area contributed by atoms with E-state index >= 15 is 0 Å². The summed E-state index contributed by atoms with van der Waals surface area (Å²) in [5.74, 6) is 1.35. The van der Waals surface area contributed by atoms with Crippen molar-refractivity contribution in [3.05, 3.63) is 77.3 Å². The maximum absolute atomic E-state index is 13.1. The first-order chi connectivity index (χ1) is 14.5. The molecule has 0 bridgehead atoms. The second kappa shape index (κ2) is 10.4. The number of aryl methyl sites for hydroxylation is 2. The molecule has 0 spiro atoms. The zero-order chi connectivity index (χ0) is 21.3. The Kier molecular flexibility index (Phi) is 7.45. The van der Waals surface area contributed by atoms with Crippen molar-refractivity contribution < 1.29 is 8.81 Å². The predicted molar refractivity (Wildman–Crippen MR) is 119 cm³/mol. The van der Waals surface area contributed by atoms with Gasteiger partial charge >= 0.3 is 0 Å². The highest BCUT2D eigenvalue weighted by molar-refractivity contribution is 7.80. The molecule has 0 saturated heterocycles. The lowest BCUT2D eigenvalue weighted by Gasteiger charge is -2.14. The molecule has 2 aromatic heterocycles. The molecule has 0 radical (unpaired) electrons. The molecule has 1 aromatic carbocycles. The predicted octanol–water partition coefficient (Wildman–Crippen LogP) is 3.50. The van der Waals surface area contributed by atoms with Crippen molar-refractivity contribution in [1.29, 1.82) is 0 Å². The Morgan fingerprint density at radius 2 is 1.87 bits per heavy atom. The molecular formula is C21H23FN6OS. The summed E-state index contributed by atoms with van der Waals surface area (Å²) in [6.45, 7) is 4.71. The number of anilines is 1. The minimum Gasteiger partial charge on any atom is -0.467 e. The molecule has 0 atom stereocenters. The number of hydrogen-bond donors (Lipinski definition) is 3. The quantitative estimate of drug-likeness (QED) is 0.316. The van der Waals surface area contributed by atoms with Gasteiger partial charge in [-0.15, -0.1) is 0 Å². The highest BCUT2D eigenvalue weighted by Crippen LogP contribution is 2.05. The molecule has 3 aromatic rings. The number of furan rings is 1. The van der Waals surface area contributed by atoms with Gasteiger partial charge in [-0.2, -0.15) is 0 Å². The van der Waals surface area contributed by atoms with Crippen LogP contribution in [-0.4, -0.2) is 27.6 Å². The molecule has 30 heavy (non-hydrogen) atoms. The van der Waals surface area contributed by atoms with E-state index < -0.39 is 0 Å². The van der Waals surface area contributed by atoms with E-state index in [4.69, 9.17) is 16.6 Å². The molecule has 0 saturated carbocycles. The summed E-state index contributed by atoms with van der Waals surface area (Å²) in [6.07, 6.45) is 2.25. The summed E-state index contributed by atoms with van der Waals surface area (Å²) in [6, 6.07) is 11.9. The van der Waals surface area contributed by atoms with Crippen LogP contribution in [0.1, 0.15) is 22.7 Å². The molecule has 3 rings (SSSR count). The molecular weight excluding hydrogens is 403 g/mol. The first kappa shape index (κ1) is 21.4. The third kappa shape index (κ3) is 6.93. The standard InChI is InChI=1S/C21H23FN6OS/c1-14-12-15(2)26-20(25-14)27-19(23-10-9-16-5-7-17(22)8-6-16)28-21(30)24-13-18-4-3-11-29-18/h3-8,11-12H,9-10,13H2,1-2H3,(H3,23,24,25,26,27,28,30). The Morgan fingerprint density at radius 1 is 1.13 bits per heavy atom. The molecule has 2 heterocycles. The van der Waals surface area contributed by atoms with E-state index in [9.17, 15) is 4.39 Å². The minimum absolute atomic E-state index is 0.258. The number of aliphatic imine (C=N–C) groups is 1. The Balaban J connectivity index is 1.66. The number of hydrogen-bond acceptors (Lipinski definition) is 5. The number of nitrogens with zero attached hydrogens (tertiary/aromatic N) is 3. The maximum Gasteiger partial charge on any atom is 0.229 e. The van der Waals surface area contributed by atoms with Gasteiger partial charge in [-0.25, -0.2) is 14.4 Å². The van der Waals surface area contributed by atoms with Crippen molar-refractivity contribution in [1.82, 2.24) is 20.6 Å². The van der Waals surface area contributed by atoms with Gasteiger partial charge in [-0.1, -0.05) is 12.1 Å². The molecule has 7 nitrogen and oxygen atoms in total. The number of nitrogens with one attached hydrogen (secondary N) is 3. The highest BCUT2D eigenvalue weighted by Gasteiger charge is 2.07. The van der Waals surface area contributed by atoms with E-state index in [-0.39, 0.29) is 5.82 Å². The Hall–Kier alpha value is -3.33. The van der Waals surface area contributed by atoms with E-state index in [1.54, 1.807) is 18.4 Å². The normalized spacial score (nSPS) is 11.2. The number of thiocarbonyl (C=S) groups is 1. The lowest BCUT2D eigenvalue weighted by Crippen LogP contribution is -2.42. The van der Waals surface area contributed by atoms with E-state index in [2.05, 4.69) is 30.9 Å². The second-order valence-electron chi connectivity index (χ2n) is 6.59. The summed E-state index contributed by atoms with van der Waals surface area (Å²) in [7, 11) is 0. The second-order valence-corrected chi connectivity index (χ2v) is 7.00. The topological polar surface area (TPSA) is 87.4 Å². The average molecular weight is 427 g/mol. The number of rotatable bonds is 6. The van der Waals surface area contributed by atoms with Crippen molar-refractivity contribution in [2.75, 3.05) is 11.9 Å². The highest BCUT2D eigenvalue weighted by atomic mass is 32.1. The minimum atomic E-state index is -0.258. The molecule has 0 fully saturated rings. The van der Waals surface area contributed by atoms with Gasteiger partial charge in [0.1, 0.15) is 11.6 Å². The zero-order valence-corrected chi connectivity index (χ0v) is 17.6. The third-order valence-corrected chi connectivity index (χ3v) is 4.28. The van der Waals surface area contributed by atoms with Crippen molar-refractivity contribution >= 4 is 29.2 Å². The van der Waals surface area contributed by atoms with E-state index in [0.717, 1.165) is 22.7 Å². The zero-order valence-electron chi connectivity index (χ0n) is 16.8. The number of guanidine groups is 1.